The first-order valence-electron chi connectivity index (χ1n) is 8.51. The minimum atomic E-state index is 1.06. The molecule has 0 unspecified atom stereocenters. The summed E-state index contributed by atoms with van der Waals surface area (Å²) in [5.41, 5.74) is 4.45. The van der Waals surface area contributed by atoms with Gasteiger partial charge >= 0.3 is 0 Å². The molecule has 0 saturated carbocycles. The molecule has 0 amide bonds. The van der Waals surface area contributed by atoms with Crippen LogP contribution in [0.25, 0.3) is 0 Å². The summed E-state index contributed by atoms with van der Waals surface area (Å²) >= 11 is 0. The lowest BCUT2D eigenvalue weighted by atomic mass is 9.96. The van der Waals surface area contributed by atoms with Crippen LogP contribution in [0.3, 0.4) is 0 Å². The molecular weight excluding hydrogens is 252 g/mol. The van der Waals surface area contributed by atoms with Crippen molar-refractivity contribution in [1.29, 1.82) is 0 Å². The van der Waals surface area contributed by atoms with E-state index in [0.717, 1.165) is 6.42 Å². The Balaban J connectivity index is 1.85. The molecule has 0 spiro atoms. The second kappa shape index (κ2) is 9.39. The Labute approximate surface area is 130 Å². The molecule has 2 rings (SSSR count). The van der Waals surface area contributed by atoms with Crippen LogP contribution >= 0.6 is 0 Å². The predicted molar refractivity (Wildman–Crippen MR) is 92.8 cm³/mol. The number of rotatable bonds is 9. The molecular formula is C21H28. The molecule has 0 heteroatoms. The molecule has 0 atom stereocenters. The van der Waals surface area contributed by atoms with Gasteiger partial charge in [-0.1, -0.05) is 93.6 Å². The molecule has 0 heterocycles. The van der Waals surface area contributed by atoms with Crippen LogP contribution in [-0.4, -0.2) is 0 Å². The van der Waals surface area contributed by atoms with Gasteiger partial charge in [0.15, 0.2) is 0 Å². The lowest BCUT2D eigenvalue weighted by molar-refractivity contribution is 0.607. The first-order chi connectivity index (χ1) is 10.4. The van der Waals surface area contributed by atoms with Gasteiger partial charge in [0.2, 0.25) is 0 Å². The van der Waals surface area contributed by atoms with Crippen LogP contribution in [0.4, 0.5) is 0 Å². The van der Waals surface area contributed by atoms with E-state index >= 15 is 0 Å². The van der Waals surface area contributed by atoms with E-state index in [1.807, 2.05) is 0 Å². The van der Waals surface area contributed by atoms with Gasteiger partial charge in [0, 0.05) is 0 Å². The topological polar surface area (TPSA) is 0 Å². The van der Waals surface area contributed by atoms with Crippen molar-refractivity contribution >= 4 is 0 Å². The highest BCUT2D eigenvalue weighted by atomic mass is 14.1. The molecule has 2 aromatic carbocycles. The van der Waals surface area contributed by atoms with Gasteiger partial charge in [-0.25, -0.2) is 0 Å². The smallest absolute Gasteiger partial charge is 0.00230 e. The van der Waals surface area contributed by atoms with Gasteiger partial charge in [0.25, 0.3) is 0 Å². The van der Waals surface area contributed by atoms with E-state index in [1.54, 1.807) is 0 Å². The lowest BCUT2D eigenvalue weighted by Gasteiger charge is -2.10. The SMILES string of the molecule is CCCCCCCCc1ccccc1Cc1ccccc1. The Bertz CT molecular complexity index is 498. The molecule has 21 heavy (non-hydrogen) atoms. The molecule has 0 aliphatic heterocycles. The summed E-state index contributed by atoms with van der Waals surface area (Å²) in [5, 5.41) is 0. The molecule has 0 radical (unpaired) electrons. The van der Waals surface area contributed by atoms with Crippen LogP contribution in [0.1, 0.15) is 62.1 Å². The zero-order valence-corrected chi connectivity index (χ0v) is 13.4. The molecule has 0 aliphatic rings. The summed E-state index contributed by atoms with van der Waals surface area (Å²) < 4.78 is 0. The summed E-state index contributed by atoms with van der Waals surface area (Å²) in [6, 6.07) is 19.7. The summed E-state index contributed by atoms with van der Waals surface area (Å²) in [5.74, 6) is 0. The normalized spacial score (nSPS) is 10.7. The van der Waals surface area contributed by atoms with Crippen molar-refractivity contribution in [3.63, 3.8) is 0 Å². The maximum atomic E-state index is 2.31. The maximum absolute atomic E-state index is 2.31. The third kappa shape index (κ3) is 5.75. The highest BCUT2D eigenvalue weighted by molar-refractivity contribution is 5.32. The molecule has 0 fully saturated rings. The van der Waals surface area contributed by atoms with Crippen LogP contribution in [0, 0.1) is 0 Å². The van der Waals surface area contributed by atoms with Gasteiger partial charge < -0.3 is 0 Å². The first-order valence-corrected chi connectivity index (χ1v) is 8.51. The summed E-state index contributed by atoms with van der Waals surface area (Å²) in [7, 11) is 0. The van der Waals surface area contributed by atoms with Gasteiger partial charge in [0.05, 0.1) is 0 Å². The molecule has 0 nitrogen and oxygen atoms in total. The van der Waals surface area contributed by atoms with E-state index < -0.39 is 0 Å². The van der Waals surface area contributed by atoms with Crippen LogP contribution in [-0.2, 0) is 12.8 Å². The van der Waals surface area contributed by atoms with Gasteiger partial charge in [0.1, 0.15) is 0 Å². The van der Waals surface area contributed by atoms with Crippen LogP contribution < -0.4 is 0 Å². The Hall–Kier alpha value is -1.56. The first kappa shape index (κ1) is 15.8. The van der Waals surface area contributed by atoms with Crippen LogP contribution in [0.5, 0.6) is 0 Å². The largest absolute Gasteiger partial charge is 0.0654 e. The molecule has 0 bridgehead atoms. The molecule has 0 saturated heterocycles. The van der Waals surface area contributed by atoms with Crippen LogP contribution in [0.2, 0.25) is 0 Å². The van der Waals surface area contributed by atoms with Gasteiger partial charge in [-0.2, -0.15) is 0 Å². The summed E-state index contributed by atoms with van der Waals surface area (Å²) in [6.07, 6.45) is 10.5. The standard InChI is InChI=1S/C21H28/c1-2-3-4-5-6-10-15-20-16-11-12-17-21(20)18-19-13-8-7-9-14-19/h7-9,11-14,16-17H,2-6,10,15,18H2,1H3. The Morgan fingerprint density at radius 2 is 1.24 bits per heavy atom. The summed E-state index contributed by atoms with van der Waals surface area (Å²) in [4.78, 5) is 0. The minimum absolute atomic E-state index is 1.06. The average molecular weight is 280 g/mol. The van der Waals surface area contributed by atoms with E-state index in [0.29, 0.717) is 0 Å². The average Bonchev–Trinajstić information content (AvgIpc) is 2.53. The third-order valence-electron chi connectivity index (χ3n) is 4.16. The fraction of sp³-hybridized carbons (Fsp3) is 0.429. The Kier molecular flexibility index (Phi) is 7.07. The van der Waals surface area contributed by atoms with E-state index in [2.05, 4.69) is 61.5 Å². The van der Waals surface area contributed by atoms with Crippen molar-refractivity contribution < 1.29 is 0 Å². The number of hydrogen-bond donors (Lipinski definition) is 0. The Morgan fingerprint density at radius 1 is 0.619 bits per heavy atom. The van der Waals surface area contributed by atoms with Gasteiger partial charge in [-0.05, 0) is 36.0 Å². The van der Waals surface area contributed by atoms with Crippen molar-refractivity contribution in [2.75, 3.05) is 0 Å². The molecule has 112 valence electrons. The number of aryl methyl sites for hydroxylation is 1. The van der Waals surface area contributed by atoms with E-state index in [1.165, 1.54) is 61.6 Å². The maximum Gasteiger partial charge on any atom is -0.00230 e. The molecule has 0 aromatic heterocycles. The Morgan fingerprint density at radius 3 is 2.00 bits per heavy atom. The third-order valence-corrected chi connectivity index (χ3v) is 4.16. The molecule has 2 aromatic rings. The fourth-order valence-corrected chi connectivity index (χ4v) is 2.89. The quantitative estimate of drug-likeness (QED) is 0.481. The second-order valence-electron chi connectivity index (χ2n) is 5.95. The van der Waals surface area contributed by atoms with Crippen molar-refractivity contribution in [3.8, 4) is 0 Å². The number of benzene rings is 2. The number of unbranched alkanes of at least 4 members (excludes halogenated alkanes) is 5. The van der Waals surface area contributed by atoms with Crippen LogP contribution in [0.15, 0.2) is 54.6 Å². The molecule has 0 aliphatic carbocycles. The lowest BCUT2D eigenvalue weighted by Crippen LogP contribution is -1.96. The van der Waals surface area contributed by atoms with Crippen molar-refractivity contribution in [1.82, 2.24) is 0 Å². The van der Waals surface area contributed by atoms with E-state index in [-0.39, 0.29) is 0 Å². The second-order valence-corrected chi connectivity index (χ2v) is 5.95. The van der Waals surface area contributed by atoms with Gasteiger partial charge in [-0.3, -0.25) is 0 Å². The highest BCUT2D eigenvalue weighted by Crippen LogP contribution is 2.17. The minimum Gasteiger partial charge on any atom is -0.0654 e. The van der Waals surface area contributed by atoms with Crippen molar-refractivity contribution in [2.45, 2.75) is 58.3 Å². The monoisotopic (exact) mass is 280 g/mol. The number of hydrogen-bond acceptors (Lipinski definition) is 0. The van der Waals surface area contributed by atoms with Gasteiger partial charge in [-0.15, -0.1) is 0 Å². The molecule has 0 N–H and O–H groups in total. The zero-order valence-electron chi connectivity index (χ0n) is 13.4. The van der Waals surface area contributed by atoms with Crippen molar-refractivity contribution in [3.05, 3.63) is 71.3 Å². The zero-order chi connectivity index (χ0) is 14.8. The predicted octanol–water partition coefficient (Wildman–Crippen LogP) is 6.18. The summed E-state index contributed by atoms with van der Waals surface area (Å²) in [6.45, 7) is 2.28. The van der Waals surface area contributed by atoms with E-state index in [9.17, 15) is 0 Å². The van der Waals surface area contributed by atoms with Crippen molar-refractivity contribution in [2.24, 2.45) is 0 Å². The highest BCUT2D eigenvalue weighted by Gasteiger charge is 2.03. The fourth-order valence-electron chi connectivity index (χ4n) is 2.89. The van der Waals surface area contributed by atoms with E-state index in [4.69, 9.17) is 0 Å².